The SMILES string of the molecule is COc1cc2[nH]c[c]c2cc1OC(F)(F)F. The van der Waals surface area contributed by atoms with Crippen LogP contribution in [0.15, 0.2) is 18.3 Å². The fraction of sp³-hybridized carbons (Fsp3) is 0.200. The highest BCUT2D eigenvalue weighted by molar-refractivity contribution is 5.82. The van der Waals surface area contributed by atoms with E-state index in [0.717, 1.165) is 0 Å². The predicted octanol–water partition coefficient (Wildman–Crippen LogP) is 2.88. The molecular formula is C10H7F3NO2. The number of nitrogens with one attached hydrogen (secondary N) is 1. The molecule has 0 saturated heterocycles. The van der Waals surface area contributed by atoms with Crippen molar-refractivity contribution < 1.29 is 22.6 Å². The van der Waals surface area contributed by atoms with Gasteiger partial charge in [0.1, 0.15) is 0 Å². The van der Waals surface area contributed by atoms with Crippen molar-refractivity contribution in [2.24, 2.45) is 0 Å². The van der Waals surface area contributed by atoms with Gasteiger partial charge in [-0.25, -0.2) is 0 Å². The lowest BCUT2D eigenvalue weighted by atomic mass is 10.2. The van der Waals surface area contributed by atoms with Crippen molar-refractivity contribution in [2.75, 3.05) is 7.11 Å². The maximum absolute atomic E-state index is 12.1. The van der Waals surface area contributed by atoms with Gasteiger partial charge in [-0.15, -0.1) is 13.2 Å². The zero-order chi connectivity index (χ0) is 11.8. The van der Waals surface area contributed by atoms with Gasteiger partial charge in [-0.1, -0.05) is 0 Å². The van der Waals surface area contributed by atoms with E-state index in [0.29, 0.717) is 10.9 Å². The van der Waals surface area contributed by atoms with Crippen LogP contribution in [-0.4, -0.2) is 18.5 Å². The van der Waals surface area contributed by atoms with Gasteiger partial charge >= 0.3 is 6.36 Å². The van der Waals surface area contributed by atoms with Crippen molar-refractivity contribution in [3.8, 4) is 11.5 Å². The lowest BCUT2D eigenvalue weighted by molar-refractivity contribution is -0.275. The summed E-state index contributed by atoms with van der Waals surface area (Å²) in [6.45, 7) is 0. The first-order valence-electron chi connectivity index (χ1n) is 4.32. The molecule has 0 atom stereocenters. The second kappa shape index (κ2) is 3.62. The number of H-pyrrole nitrogens is 1. The Bertz CT molecular complexity index is 504. The van der Waals surface area contributed by atoms with E-state index in [1.807, 2.05) is 0 Å². The Morgan fingerprint density at radius 3 is 2.62 bits per heavy atom. The molecule has 6 heteroatoms. The highest BCUT2D eigenvalue weighted by Crippen LogP contribution is 2.35. The van der Waals surface area contributed by atoms with Gasteiger partial charge < -0.3 is 14.5 Å². The van der Waals surface area contributed by atoms with Crippen LogP contribution < -0.4 is 9.47 Å². The van der Waals surface area contributed by atoms with Crippen LogP contribution in [0.5, 0.6) is 11.5 Å². The van der Waals surface area contributed by atoms with Gasteiger partial charge in [0.05, 0.1) is 7.11 Å². The molecule has 0 fully saturated rings. The summed E-state index contributed by atoms with van der Waals surface area (Å²) in [5.41, 5.74) is 0.631. The minimum atomic E-state index is -4.74. The monoisotopic (exact) mass is 230 g/mol. The Balaban J connectivity index is 2.48. The molecule has 0 aliphatic heterocycles. The number of rotatable bonds is 2. The van der Waals surface area contributed by atoms with E-state index in [2.05, 4.69) is 15.8 Å². The summed E-state index contributed by atoms with van der Waals surface area (Å²) < 4.78 is 44.9. The summed E-state index contributed by atoms with van der Waals surface area (Å²) in [5, 5.41) is 0.500. The van der Waals surface area contributed by atoms with E-state index in [4.69, 9.17) is 4.74 Å². The van der Waals surface area contributed by atoms with Gasteiger partial charge in [-0.3, -0.25) is 0 Å². The molecular weight excluding hydrogens is 223 g/mol. The van der Waals surface area contributed by atoms with Crippen molar-refractivity contribution in [1.82, 2.24) is 4.98 Å². The number of aromatic nitrogens is 1. The smallest absolute Gasteiger partial charge is 0.493 e. The Morgan fingerprint density at radius 1 is 1.25 bits per heavy atom. The van der Waals surface area contributed by atoms with Crippen LogP contribution in [-0.2, 0) is 0 Å². The van der Waals surface area contributed by atoms with Gasteiger partial charge in [0.2, 0.25) is 0 Å². The number of ether oxygens (including phenoxy) is 2. The Morgan fingerprint density at radius 2 is 2.00 bits per heavy atom. The summed E-state index contributed by atoms with van der Waals surface area (Å²) in [6.07, 6.45) is -3.24. The molecule has 1 heterocycles. The van der Waals surface area contributed by atoms with Gasteiger partial charge in [0, 0.05) is 29.2 Å². The zero-order valence-electron chi connectivity index (χ0n) is 8.18. The van der Waals surface area contributed by atoms with Crippen LogP contribution >= 0.6 is 0 Å². The van der Waals surface area contributed by atoms with Crippen molar-refractivity contribution in [3.05, 3.63) is 24.4 Å². The minimum absolute atomic E-state index is 0.0145. The molecule has 0 aliphatic carbocycles. The Kier molecular flexibility index (Phi) is 2.41. The second-order valence-electron chi connectivity index (χ2n) is 3.03. The first kappa shape index (κ1) is 10.7. The standard InChI is InChI=1S/C10H7F3NO2/c1-15-8-5-7-6(2-3-14-7)4-9(8)16-10(11,12)13/h3-5,14H,1H3. The molecule has 0 spiro atoms. The molecule has 1 radical (unpaired) electrons. The van der Waals surface area contributed by atoms with Crippen molar-refractivity contribution >= 4 is 10.9 Å². The number of fused-ring (bicyclic) bond motifs is 1. The van der Waals surface area contributed by atoms with E-state index in [1.165, 1.54) is 25.4 Å². The summed E-state index contributed by atoms with van der Waals surface area (Å²) in [7, 11) is 1.27. The maximum Gasteiger partial charge on any atom is 0.573 e. The lowest BCUT2D eigenvalue weighted by Crippen LogP contribution is -2.17. The molecule has 1 aromatic carbocycles. The Hall–Kier alpha value is -1.85. The first-order valence-corrected chi connectivity index (χ1v) is 4.32. The number of methoxy groups -OCH3 is 1. The largest absolute Gasteiger partial charge is 0.573 e. The molecule has 1 N–H and O–H groups in total. The van der Waals surface area contributed by atoms with Gasteiger partial charge in [-0.05, 0) is 6.07 Å². The van der Waals surface area contributed by atoms with Gasteiger partial charge in [0.15, 0.2) is 11.5 Å². The van der Waals surface area contributed by atoms with E-state index in [1.54, 1.807) is 0 Å². The number of aromatic amines is 1. The molecule has 2 rings (SSSR count). The van der Waals surface area contributed by atoms with Crippen LogP contribution in [0.25, 0.3) is 10.9 Å². The molecule has 0 amide bonds. The van der Waals surface area contributed by atoms with Crippen LogP contribution in [0.1, 0.15) is 0 Å². The lowest BCUT2D eigenvalue weighted by Gasteiger charge is -2.12. The molecule has 3 nitrogen and oxygen atoms in total. The highest BCUT2D eigenvalue weighted by Gasteiger charge is 2.32. The molecule has 1 aromatic heterocycles. The normalized spacial score (nSPS) is 11.8. The third kappa shape index (κ3) is 2.05. The summed E-state index contributed by atoms with van der Waals surface area (Å²) in [5.74, 6) is -0.362. The molecule has 2 aromatic rings. The molecule has 0 bridgehead atoms. The van der Waals surface area contributed by atoms with Crippen molar-refractivity contribution in [2.45, 2.75) is 6.36 Å². The maximum atomic E-state index is 12.1. The molecule has 16 heavy (non-hydrogen) atoms. The van der Waals surface area contributed by atoms with Crippen LogP contribution in [0.3, 0.4) is 0 Å². The predicted molar refractivity (Wildman–Crippen MR) is 50.4 cm³/mol. The highest BCUT2D eigenvalue weighted by atomic mass is 19.4. The van der Waals surface area contributed by atoms with E-state index in [9.17, 15) is 13.2 Å². The summed E-state index contributed by atoms with van der Waals surface area (Å²) in [4.78, 5) is 2.81. The van der Waals surface area contributed by atoms with E-state index < -0.39 is 6.36 Å². The average molecular weight is 230 g/mol. The Labute approximate surface area is 88.8 Å². The fourth-order valence-corrected chi connectivity index (χ4v) is 1.35. The number of hydrogen-bond acceptors (Lipinski definition) is 2. The molecule has 85 valence electrons. The topological polar surface area (TPSA) is 34.2 Å². The van der Waals surface area contributed by atoms with E-state index >= 15 is 0 Å². The first-order chi connectivity index (χ1) is 7.49. The molecule has 0 aliphatic rings. The number of halogens is 3. The number of alkyl halides is 3. The third-order valence-corrected chi connectivity index (χ3v) is 1.98. The van der Waals surface area contributed by atoms with Gasteiger partial charge in [0.25, 0.3) is 0 Å². The second-order valence-corrected chi connectivity index (χ2v) is 3.03. The van der Waals surface area contributed by atoms with E-state index in [-0.39, 0.29) is 11.5 Å². The quantitative estimate of drug-likeness (QED) is 0.860. The fourth-order valence-electron chi connectivity index (χ4n) is 1.35. The third-order valence-electron chi connectivity index (χ3n) is 1.98. The van der Waals surface area contributed by atoms with Crippen molar-refractivity contribution in [3.63, 3.8) is 0 Å². The number of benzene rings is 1. The van der Waals surface area contributed by atoms with Crippen LogP contribution in [0.4, 0.5) is 13.2 Å². The van der Waals surface area contributed by atoms with Crippen LogP contribution in [0, 0.1) is 6.07 Å². The average Bonchev–Trinajstić information content (AvgIpc) is 2.60. The number of hydrogen-bond donors (Lipinski definition) is 1. The minimum Gasteiger partial charge on any atom is -0.493 e. The molecule has 0 saturated carbocycles. The zero-order valence-corrected chi connectivity index (χ0v) is 8.18. The molecule has 0 unspecified atom stereocenters. The van der Waals surface area contributed by atoms with Crippen LogP contribution in [0.2, 0.25) is 0 Å². The summed E-state index contributed by atoms with van der Waals surface area (Å²) >= 11 is 0. The van der Waals surface area contributed by atoms with Gasteiger partial charge in [-0.2, -0.15) is 0 Å². The summed E-state index contributed by atoms with van der Waals surface area (Å²) in [6, 6.07) is 5.38. The van der Waals surface area contributed by atoms with Crippen molar-refractivity contribution in [1.29, 1.82) is 0 Å².